The molecule has 0 aromatic carbocycles. The molecule has 0 fully saturated rings. The first kappa shape index (κ1) is 12.6. The van der Waals surface area contributed by atoms with Crippen molar-refractivity contribution < 1.29 is 0 Å². The van der Waals surface area contributed by atoms with Crippen LogP contribution in [-0.2, 0) is 0 Å². The average molecular weight is 215 g/mol. The molecule has 1 aliphatic rings. The second-order valence-corrected chi connectivity index (χ2v) is 5.03. The van der Waals surface area contributed by atoms with Gasteiger partial charge in [0.05, 0.1) is 0 Å². The summed E-state index contributed by atoms with van der Waals surface area (Å²) in [5.74, 6) is 0. The summed E-state index contributed by atoms with van der Waals surface area (Å²) in [6, 6.07) is 0. The topological polar surface area (TPSA) is 26.0 Å². The Labute approximate surface area is 98.7 Å². The van der Waals surface area contributed by atoms with Crippen molar-refractivity contribution in [2.75, 3.05) is 0 Å². The summed E-state index contributed by atoms with van der Waals surface area (Å²) < 4.78 is 0. The number of rotatable bonds is 2. The third kappa shape index (κ3) is 3.27. The second kappa shape index (κ2) is 5.02. The minimum absolute atomic E-state index is 0.0419. The van der Waals surface area contributed by atoms with E-state index in [1.165, 1.54) is 5.57 Å². The molecule has 1 heteroatoms. The quantitative estimate of drug-likeness (QED) is 0.695. The average Bonchev–Trinajstić information content (AvgIpc) is 2.25. The minimum atomic E-state index is 0.0419. The van der Waals surface area contributed by atoms with Crippen molar-refractivity contribution in [1.29, 1.82) is 0 Å². The molecule has 0 bridgehead atoms. The van der Waals surface area contributed by atoms with Crippen LogP contribution in [0.1, 0.15) is 27.2 Å². The van der Waals surface area contributed by atoms with Gasteiger partial charge in [-0.15, -0.1) is 0 Å². The van der Waals surface area contributed by atoms with Crippen LogP contribution in [0, 0.1) is 5.41 Å². The van der Waals surface area contributed by atoms with E-state index in [1.54, 1.807) is 6.08 Å². The van der Waals surface area contributed by atoms with E-state index >= 15 is 0 Å². The maximum Gasteiger partial charge on any atom is 0.0346 e. The Kier molecular flexibility index (Phi) is 3.94. The van der Waals surface area contributed by atoms with Gasteiger partial charge in [0.2, 0.25) is 0 Å². The van der Waals surface area contributed by atoms with Gasteiger partial charge in [0.1, 0.15) is 0 Å². The zero-order chi connectivity index (χ0) is 12.2. The lowest BCUT2D eigenvalue weighted by Crippen LogP contribution is -2.14. The van der Waals surface area contributed by atoms with Crippen LogP contribution in [-0.4, -0.2) is 0 Å². The van der Waals surface area contributed by atoms with Gasteiger partial charge >= 0.3 is 0 Å². The lowest BCUT2D eigenvalue weighted by atomic mass is 9.83. The first-order chi connectivity index (χ1) is 7.45. The van der Waals surface area contributed by atoms with Crippen LogP contribution in [0.2, 0.25) is 0 Å². The Morgan fingerprint density at radius 3 is 2.50 bits per heavy atom. The van der Waals surface area contributed by atoms with E-state index in [9.17, 15) is 0 Å². The van der Waals surface area contributed by atoms with Crippen LogP contribution >= 0.6 is 0 Å². The minimum Gasteiger partial charge on any atom is -0.399 e. The molecule has 0 heterocycles. The first-order valence-corrected chi connectivity index (χ1v) is 5.61. The van der Waals surface area contributed by atoms with Gasteiger partial charge < -0.3 is 5.73 Å². The summed E-state index contributed by atoms with van der Waals surface area (Å²) in [6.07, 6.45) is 13.3. The molecule has 0 aliphatic heterocycles. The third-order valence-corrected chi connectivity index (χ3v) is 2.58. The Hall–Kier alpha value is -1.50. The van der Waals surface area contributed by atoms with Crippen molar-refractivity contribution in [3.63, 3.8) is 0 Å². The molecule has 2 N–H and O–H groups in total. The molecule has 0 saturated carbocycles. The highest BCUT2D eigenvalue weighted by atomic mass is 14.6. The fourth-order valence-electron chi connectivity index (χ4n) is 1.67. The largest absolute Gasteiger partial charge is 0.399 e. The fourth-order valence-corrected chi connectivity index (χ4v) is 1.67. The van der Waals surface area contributed by atoms with Crippen LogP contribution in [0.25, 0.3) is 0 Å². The summed E-state index contributed by atoms with van der Waals surface area (Å²) in [5.41, 5.74) is 9.24. The summed E-state index contributed by atoms with van der Waals surface area (Å²) in [4.78, 5) is 0. The monoisotopic (exact) mass is 215 g/mol. The van der Waals surface area contributed by atoms with Crippen molar-refractivity contribution in [2.24, 2.45) is 11.1 Å². The summed E-state index contributed by atoms with van der Waals surface area (Å²) in [7, 11) is 0. The zero-order valence-electron chi connectivity index (χ0n) is 10.5. The molecule has 0 amide bonds. The van der Waals surface area contributed by atoms with Gasteiger partial charge in [0, 0.05) is 5.70 Å². The normalized spacial score (nSPS) is 19.8. The van der Waals surface area contributed by atoms with Crippen molar-refractivity contribution in [3.05, 3.63) is 59.9 Å². The number of hydrogen-bond acceptors (Lipinski definition) is 1. The zero-order valence-corrected chi connectivity index (χ0v) is 10.5. The van der Waals surface area contributed by atoms with E-state index < -0.39 is 0 Å². The highest BCUT2D eigenvalue weighted by Crippen LogP contribution is 2.30. The molecule has 86 valence electrons. The first-order valence-electron chi connectivity index (χ1n) is 5.61. The molecular formula is C15H21N. The lowest BCUT2D eigenvalue weighted by Gasteiger charge is -2.23. The van der Waals surface area contributed by atoms with Gasteiger partial charge in [-0.1, -0.05) is 57.7 Å². The summed E-state index contributed by atoms with van der Waals surface area (Å²) in [6.45, 7) is 10.2. The number of allylic oxidation sites excluding steroid dienone is 8. The Morgan fingerprint density at radius 1 is 1.38 bits per heavy atom. The van der Waals surface area contributed by atoms with Gasteiger partial charge in [-0.05, 0) is 29.1 Å². The fraction of sp³-hybridized carbons (Fsp3) is 0.333. The smallest absolute Gasteiger partial charge is 0.0346 e. The summed E-state index contributed by atoms with van der Waals surface area (Å²) in [5, 5.41) is 0. The number of hydrogen-bond donors (Lipinski definition) is 1. The highest BCUT2D eigenvalue weighted by molar-refractivity contribution is 5.41. The summed E-state index contributed by atoms with van der Waals surface area (Å²) >= 11 is 0. The van der Waals surface area contributed by atoms with Crippen LogP contribution in [0.15, 0.2) is 59.9 Å². The van der Waals surface area contributed by atoms with Gasteiger partial charge in [-0.25, -0.2) is 0 Å². The maximum atomic E-state index is 6.00. The van der Waals surface area contributed by atoms with Crippen LogP contribution in [0.4, 0.5) is 0 Å². The lowest BCUT2D eigenvalue weighted by molar-refractivity contribution is 0.512. The molecule has 0 atom stereocenters. The van der Waals surface area contributed by atoms with Gasteiger partial charge in [0.25, 0.3) is 0 Å². The Bertz CT molecular complexity index is 384. The van der Waals surface area contributed by atoms with Gasteiger partial charge in [-0.2, -0.15) is 0 Å². The van der Waals surface area contributed by atoms with Gasteiger partial charge in [0.15, 0.2) is 0 Å². The molecule has 0 saturated heterocycles. The predicted molar refractivity (Wildman–Crippen MR) is 71.8 cm³/mol. The van der Waals surface area contributed by atoms with E-state index in [1.807, 2.05) is 0 Å². The SMILES string of the molecule is C=C/C(N)=C(\C=C1\C=CC=CC1)C(C)(C)C. The van der Waals surface area contributed by atoms with Crippen LogP contribution in [0.3, 0.4) is 0 Å². The Morgan fingerprint density at radius 2 is 2.06 bits per heavy atom. The van der Waals surface area contributed by atoms with E-state index in [0.717, 1.165) is 17.7 Å². The maximum absolute atomic E-state index is 6.00. The van der Waals surface area contributed by atoms with Crippen molar-refractivity contribution in [2.45, 2.75) is 27.2 Å². The molecule has 16 heavy (non-hydrogen) atoms. The predicted octanol–water partition coefficient (Wildman–Crippen LogP) is 3.87. The van der Waals surface area contributed by atoms with E-state index in [0.29, 0.717) is 0 Å². The molecule has 0 aromatic rings. The molecule has 0 radical (unpaired) electrons. The highest BCUT2D eigenvalue weighted by Gasteiger charge is 2.17. The number of nitrogens with two attached hydrogens (primary N) is 1. The van der Waals surface area contributed by atoms with E-state index in [-0.39, 0.29) is 5.41 Å². The van der Waals surface area contributed by atoms with Crippen LogP contribution in [0.5, 0.6) is 0 Å². The molecule has 0 unspecified atom stereocenters. The molecule has 1 rings (SSSR count). The van der Waals surface area contributed by atoms with E-state index in [4.69, 9.17) is 5.73 Å². The van der Waals surface area contributed by atoms with E-state index in [2.05, 4.69) is 57.7 Å². The molecule has 0 spiro atoms. The van der Waals surface area contributed by atoms with Crippen molar-refractivity contribution in [3.8, 4) is 0 Å². The molecule has 1 nitrogen and oxygen atoms in total. The third-order valence-electron chi connectivity index (χ3n) is 2.58. The van der Waals surface area contributed by atoms with Crippen LogP contribution < -0.4 is 5.73 Å². The second-order valence-electron chi connectivity index (χ2n) is 5.03. The van der Waals surface area contributed by atoms with Gasteiger partial charge in [-0.3, -0.25) is 0 Å². The Balaban J connectivity index is 3.10. The molecular weight excluding hydrogens is 194 g/mol. The molecule has 0 aromatic heterocycles. The van der Waals surface area contributed by atoms with Crippen molar-refractivity contribution in [1.82, 2.24) is 0 Å². The van der Waals surface area contributed by atoms with Crippen molar-refractivity contribution >= 4 is 0 Å². The standard InChI is InChI=1S/C15H21N/c1-5-14(16)13(15(2,3)4)11-12-9-7-6-8-10-12/h5-9,11H,1,10,16H2,2-4H3/b12-11-,14-13-. The molecule has 1 aliphatic carbocycles.